The van der Waals surface area contributed by atoms with Crippen LogP contribution in [0.15, 0.2) is 42.5 Å². The van der Waals surface area contributed by atoms with E-state index in [0.717, 1.165) is 24.0 Å². The van der Waals surface area contributed by atoms with E-state index in [-0.39, 0.29) is 10.8 Å². The molecule has 148 valence electrons. The topological polar surface area (TPSA) is 23.5 Å². The summed E-state index contributed by atoms with van der Waals surface area (Å²) in [6.45, 7) is 13.0. The van der Waals surface area contributed by atoms with Gasteiger partial charge in [0.25, 0.3) is 0 Å². The van der Waals surface area contributed by atoms with Crippen molar-refractivity contribution in [1.29, 1.82) is 0 Å². The number of aryl methyl sites for hydroxylation is 1. The van der Waals surface area contributed by atoms with Gasteiger partial charge in [-0.05, 0) is 72.2 Å². The summed E-state index contributed by atoms with van der Waals surface area (Å²) in [6, 6.07) is 15.4. The second kappa shape index (κ2) is 8.06. The SMILES string of the molecule is CN(C)C(CCc1ccccc1)c1cc(C(C)(C)C)c(O)c(C(C)(C)C)c1. The molecule has 1 N–H and O–H groups in total. The Morgan fingerprint density at radius 2 is 1.33 bits per heavy atom. The number of phenols is 1. The Labute approximate surface area is 166 Å². The molecule has 2 aromatic rings. The van der Waals surface area contributed by atoms with Crippen LogP contribution in [0.5, 0.6) is 5.75 Å². The highest BCUT2D eigenvalue weighted by Gasteiger charge is 2.28. The molecule has 0 fully saturated rings. The Morgan fingerprint density at radius 1 is 0.852 bits per heavy atom. The largest absolute Gasteiger partial charge is 0.507 e. The van der Waals surface area contributed by atoms with Gasteiger partial charge < -0.3 is 10.0 Å². The first-order chi connectivity index (χ1) is 12.4. The number of rotatable bonds is 5. The van der Waals surface area contributed by atoms with Crippen LogP contribution in [-0.2, 0) is 17.3 Å². The van der Waals surface area contributed by atoms with Crippen molar-refractivity contribution in [1.82, 2.24) is 4.90 Å². The first-order valence-corrected chi connectivity index (χ1v) is 9.99. The van der Waals surface area contributed by atoms with Gasteiger partial charge in [0.15, 0.2) is 0 Å². The molecular weight excluding hydrogens is 330 g/mol. The molecule has 0 heterocycles. The third-order valence-electron chi connectivity index (χ3n) is 5.31. The van der Waals surface area contributed by atoms with Gasteiger partial charge in [0.2, 0.25) is 0 Å². The van der Waals surface area contributed by atoms with Gasteiger partial charge in [-0.1, -0.05) is 71.9 Å². The molecule has 2 aromatic carbocycles. The van der Waals surface area contributed by atoms with E-state index >= 15 is 0 Å². The van der Waals surface area contributed by atoms with Gasteiger partial charge in [-0.25, -0.2) is 0 Å². The van der Waals surface area contributed by atoms with Gasteiger partial charge in [-0.3, -0.25) is 0 Å². The fourth-order valence-corrected chi connectivity index (χ4v) is 3.66. The van der Waals surface area contributed by atoms with Crippen molar-refractivity contribution in [3.63, 3.8) is 0 Å². The normalized spacial score (nSPS) is 13.8. The van der Waals surface area contributed by atoms with Crippen molar-refractivity contribution in [3.8, 4) is 5.75 Å². The molecule has 27 heavy (non-hydrogen) atoms. The van der Waals surface area contributed by atoms with Crippen LogP contribution in [0.3, 0.4) is 0 Å². The monoisotopic (exact) mass is 367 g/mol. The predicted molar refractivity (Wildman–Crippen MR) is 117 cm³/mol. The van der Waals surface area contributed by atoms with Crippen LogP contribution < -0.4 is 0 Å². The average molecular weight is 368 g/mol. The molecule has 0 saturated heterocycles. The fourth-order valence-electron chi connectivity index (χ4n) is 3.66. The van der Waals surface area contributed by atoms with E-state index in [0.29, 0.717) is 11.8 Å². The molecule has 0 radical (unpaired) electrons. The van der Waals surface area contributed by atoms with Crippen LogP contribution in [-0.4, -0.2) is 24.1 Å². The molecule has 2 nitrogen and oxygen atoms in total. The maximum absolute atomic E-state index is 11.0. The Bertz CT molecular complexity index is 713. The van der Waals surface area contributed by atoms with E-state index in [2.05, 4.69) is 103 Å². The molecular formula is C25H37NO. The van der Waals surface area contributed by atoms with Crippen molar-refractivity contribution >= 4 is 0 Å². The van der Waals surface area contributed by atoms with E-state index in [1.165, 1.54) is 11.1 Å². The van der Waals surface area contributed by atoms with Crippen molar-refractivity contribution in [2.45, 2.75) is 71.3 Å². The lowest BCUT2D eigenvalue weighted by Crippen LogP contribution is -2.24. The Kier molecular flexibility index (Phi) is 6.42. The van der Waals surface area contributed by atoms with Crippen LogP contribution in [0.4, 0.5) is 0 Å². The summed E-state index contributed by atoms with van der Waals surface area (Å²) in [5.74, 6) is 0.458. The molecule has 0 aliphatic carbocycles. The molecule has 0 aliphatic rings. The van der Waals surface area contributed by atoms with Crippen molar-refractivity contribution < 1.29 is 5.11 Å². The lowest BCUT2D eigenvalue weighted by Gasteiger charge is -2.32. The highest BCUT2D eigenvalue weighted by atomic mass is 16.3. The number of hydrogen-bond acceptors (Lipinski definition) is 2. The maximum atomic E-state index is 11.0. The standard InChI is InChI=1S/C25H37NO/c1-24(2,3)20-16-19(17-21(23(20)27)25(4,5)6)22(26(7)8)15-14-18-12-10-9-11-13-18/h9-13,16-17,22,27H,14-15H2,1-8H3. The number of benzene rings is 2. The van der Waals surface area contributed by atoms with Gasteiger partial charge in [0, 0.05) is 6.04 Å². The third kappa shape index (κ3) is 5.35. The highest BCUT2D eigenvalue weighted by Crippen LogP contribution is 2.42. The molecule has 0 bridgehead atoms. The van der Waals surface area contributed by atoms with E-state index < -0.39 is 0 Å². The molecule has 0 aliphatic heterocycles. The zero-order valence-electron chi connectivity index (χ0n) is 18.4. The van der Waals surface area contributed by atoms with Gasteiger partial charge >= 0.3 is 0 Å². The minimum atomic E-state index is -0.101. The number of phenolic OH excluding ortho intramolecular Hbond substituents is 1. The molecule has 0 spiro atoms. The van der Waals surface area contributed by atoms with Crippen molar-refractivity contribution in [2.75, 3.05) is 14.1 Å². The zero-order valence-corrected chi connectivity index (χ0v) is 18.4. The smallest absolute Gasteiger partial charge is 0.123 e. The van der Waals surface area contributed by atoms with Gasteiger partial charge in [0.05, 0.1) is 0 Å². The Morgan fingerprint density at radius 3 is 1.74 bits per heavy atom. The summed E-state index contributed by atoms with van der Waals surface area (Å²) in [4.78, 5) is 2.30. The average Bonchev–Trinajstić information content (AvgIpc) is 2.54. The minimum Gasteiger partial charge on any atom is -0.507 e. The number of nitrogens with zero attached hydrogens (tertiary/aromatic N) is 1. The van der Waals surface area contributed by atoms with Crippen LogP contribution in [0.2, 0.25) is 0 Å². The molecule has 0 amide bonds. The summed E-state index contributed by atoms with van der Waals surface area (Å²) < 4.78 is 0. The van der Waals surface area contributed by atoms with Crippen LogP contribution in [0.1, 0.15) is 76.3 Å². The van der Waals surface area contributed by atoms with E-state index in [1.54, 1.807) is 0 Å². The van der Waals surface area contributed by atoms with Gasteiger partial charge in [0.1, 0.15) is 5.75 Å². The molecule has 0 aromatic heterocycles. The second-order valence-electron chi connectivity index (χ2n) is 9.97. The summed E-state index contributed by atoms with van der Waals surface area (Å²) in [7, 11) is 4.30. The van der Waals surface area contributed by atoms with Crippen LogP contribution in [0, 0.1) is 0 Å². The fraction of sp³-hybridized carbons (Fsp3) is 0.520. The zero-order chi connectivity index (χ0) is 20.4. The Hall–Kier alpha value is -1.80. The Balaban J connectivity index is 2.48. The summed E-state index contributed by atoms with van der Waals surface area (Å²) in [5.41, 5.74) is 4.54. The van der Waals surface area contributed by atoms with E-state index in [9.17, 15) is 5.11 Å². The highest BCUT2D eigenvalue weighted by molar-refractivity contribution is 5.50. The first kappa shape index (κ1) is 21.5. The lowest BCUT2D eigenvalue weighted by atomic mass is 9.77. The maximum Gasteiger partial charge on any atom is 0.123 e. The molecule has 2 rings (SSSR count). The molecule has 1 unspecified atom stereocenters. The molecule has 2 heteroatoms. The van der Waals surface area contributed by atoms with Gasteiger partial charge in [-0.2, -0.15) is 0 Å². The first-order valence-electron chi connectivity index (χ1n) is 9.99. The van der Waals surface area contributed by atoms with Gasteiger partial charge in [-0.15, -0.1) is 0 Å². The van der Waals surface area contributed by atoms with E-state index in [1.807, 2.05) is 0 Å². The summed E-state index contributed by atoms with van der Waals surface area (Å²) in [6.07, 6.45) is 2.09. The van der Waals surface area contributed by atoms with Crippen molar-refractivity contribution in [3.05, 3.63) is 64.7 Å². The predicted octanol–water partition coefficient (Wildman–Crippen LogP) is 6.22. The second-order valence-corrected chi connectivity index (χ2v) is 9.97. The molecule has 0 saturated carbocycles. The van der Waals surface area contributed by atoms with Crippen LogP contribution >= 0.6 is 0 Å². The summed E-state index contributed by atoms with van der Waals surface area (Å²) >= 11 is 0. The summed E-state index contributed by atoms with van der Waals surface area (Å²) in [5, 5.41) is 11.0. The van der Waals surface area contributed by atoms with Crippen LogP contribution in [0.25, 0.3) is 0 Å². The molecule has 1 atom stereocenters. The van der Waals surface area contributed by atoms with E-state index in [4.69, 9.17) is 0 Å². The lowest BCUT2D eigenvalue weighted by molar-refractivity contribution is 0.283. The van der Waals surface area contributed by atoms with Crippen molar-refractivity contribution in [2.24, 2.45) is 0 Å². The third-order valence-corrected chi connectivity index (χ3v) is 5.31. The number of hydrogen-bond donors (Lipinski definition) is 1. The quantitative estimate of drug-likeness (QED) is 0.678. The minimum absolute atomic E-state index is 0.101. The number of aromatic hydroxyl groups is 1.